The molecule has 1 aliphatic heterocycles. The molecule has 110 valence electrons. The highest BCUT2D eigenvalue weighted by molar-refractivity contribution is 8.02. The summed E-state index contributed by atoms with van der Waals surface area (Å²) >= 11 is 0. The maximum absolute atomic E-state index is 12.8. The molecule has 0 saturated carbocycles. The van der Waals surface area contributed by atoms with Crippen molar-refractivity contribution in [2.24, 2.45) is 7.05 Å². The predicted octanol–water partition coefficient (Wildman–Crippen LogP) is 1.89. The third kappa shape index (κ3) is 1.77. The van der Waals surface area contributed by atoms with Crippen molar-refractivity contribution >= 4 is 26.5 Å². The third-order valence-corrected chi connectivity index (χ3v) is 5.51. The number of aliphatic hydroxyl groups is 1. The van der Waals surface area contributed by atoms with Gasteiger partial charge in [-0.25, -0.2) is 8.42 Å². The Labute approximate surface area is 123 Å². The first-order valence-corrected chi connectivity index (χ1v) is 7.80. The number of hydrogen-bond donors (Lipinski definition) is 1. The van der Waals surface area contributed by atoms with Gasteiger partial charge in [-0.3, -0.25) is 8.99 Å². The zero-order valence-corrected chi connectivity index (χ0v) is 12.7. The minimum absolute atomic E-state index is 0.0800. The molecule has 0 fully saturated rings. The van der Waals surface area contributed by atoms with Crippen molar-refractivity contribution in [2.45, 2.75) is 6.92 Å². The van der Waals surface area contributed by atoms with Crippen molar-refractivity contribution in [3.63, 3.8) is 0 Å². The topological polar surface area (TPSA) is 75.4 Å². The van der Waals surface area contributed by atoms with Crippen molar-refractivity contribution < 1.29 is 13.5 Å². The molecule has 0 saturated heterocycles. The summed E-state index contributed by atoms with van der Waals surface area (Å²) in [7, 11) is -0.736. The molecular weight excluding hydrogens is 290 g/mol. The van der Waals surface area contributed by atoms with Gasteiger partial charge in [0, 0.05) is 19.7 Å². The van der Waals surface area contributed by atoms with Crippen LogP contribution in [0.3, 0.4) is 0 Å². The number of fused-ring (bicyclic) bond motifs is 1. The molecule has 0 spiro atoms. The number of aryl methyl sites for hydroxylation is 2. The Morgan fingerprint density at radius 3 is 2.48 bits per heavy atom. The van der Waals surface area contributed by atoms with E-state index in [0.29, 0.717) is 16.9 Å². The molecular formula is C14H15N3O3S. The fourth-order valence-electron chi connectivity index (χ4n) is 2.56. The Kier molecular flexibility index (Phi) is 2.84. The predicted molar refractivity (Wildman–Crippen MR) is 81.2 cm³/mol. The minimum Gasteiger partial charge on any atom is -0.506 e. The van der Waals surface area contributed by atoms with Gasteiger partial charge in [-0.15, -0.1) is 0 Å². The first-order chi connectivity index (χ1) is 9.85. The first kappa shape index (κ1) is 13.7. The van der Waals surface area contributed by atoms with Crippen LogP contribution in [0.1, 0.15) is 16.7 Å². The molecule has 1 aliphatic rings. The van der Waals surface area contributed by atoms with Gasteiger partial charge in [-0.2, -0.15) is 5.10 Å². The Balaban J connectivity index is 2.41. The van der Waals surface area contributed by atoms with Crippen LogP contribution in [0.2, 0.25) is 0 Å². The Morgan fingerprint density at radius 1 is 1.14 bits per heavy atom. The van der Waals surface area contributed by atoms with Gasteiger partial charge in [-0.1, -0.05) is 24.3 Å². The molecule has 1 N–H and O–H groups in total. The number of hydrogen-bond acceptors (Lipinski definition) is 4. The summed E-state index contributed by atoms with van der Waals surface area (Å²) < 4.78 is 28.1. The molecule has 1 aromatic heterocycles. The Hall–Kier alpha value is -2.28. The summed E-state index contributed by atoms with van der Waals surface area (Å²) in [5.74, 6) is 0.0929. The molecule has 7 heteroatoms. The maximum Gasteiger partial charge on any atom is 0.269 e. The van der Waals surface area contributed by atoms with Gasteiger partial charge >= 0.3 is 0 Å². The lowest BCUT2D eigenvalue weighted by Crippen LogP contribution is -2.33. The maximum atomic E-state index is 12.8. The van der Waals surface area contributed by atoms with E-state index in [1.807, 2.05) is 19.1 Å². The van der Waals surface area contributed by atoms with E-state index < -0.39 is 10.0 Å². The number of anilines is 1. The van der Waals surface area contributed by atoms with E-state index in [0.717, 1.165) is 9.87 Å². The lowest BCUT2D eigenvalue weighted by Gasteiger charge is -2.27. The monoisotopic (exact) mass is 305 g/mol. The second kappa shape index (κ2) is 4.36. The molecule has 6 nitrogen and oxygen atoms in total. The quantitative estimate of drug-likeness (QED) is 0.873. The second-order valence-electron chi connectivity index (χ2n) is 4.97. The van der Waals surface area contributed by atoms with Gasteiger partial charge in [0.15, 0.2) is 5.82 Å². The lowest BCUT2D eigenvalue weighted by atomic mass is 10.1. The molecule has 21 heavy (non-hydrogen) atoms. The van der Waals surface area contributed by atoms with Gasteiger partial charge in [-0.05, 0) is 12.5 Å². The normalized spacial score (nSPS) is 17.0. The van der Waals surface area contributed by atoms with Crippen LogP contribution in [0.25, 0.3) is 10.7 Å². The smallest absolute Gasteiger partial charge is 0.269 e. The Bertz CT molecular complexity index is 865. The van der Waals surface area contributed by atoms with E-state index in [2.05, 4.69) is 5.10 Å². The van der Waals surface area contributed by atoms with Crippen molar-refractivity contribution in [2.75, 3.05) is 11.4 Å². The van der Waals surface area contributed by atoms with E-state index in [1.165, 1.54) is 17.9 Å². The van der Waals surface area contributed by atoms with Crippen LogP contribution < -0.4 is 4.31 Å². The number of nitrogens with zero attached hydrogens (tertiary/aromatic N) is 3. The standard InChI is InChI=1S/C14H15N3O3S/c1-9-6-4-5-7-10(9)13-12(18)11-8-15-16(2)14(11)17(3)21(13,19)20/h4-8,18H,1-3H3. The fraction of sp³-hybridized carbons (Fsp3) is 0.214. The molecule has 3 rings (SSSR count). The molecule has 1 aromatic carbocycles. The summed E-state index contributed by atoms with van der Waals surface area (Å²) in [5.41, 5.74) is 1.69. The number of sulfonamides is 1. The molecule has 0 radical (unpaired) electrons. The van der Waals surface area contributed by atoms with Crippen molar-refractivity contribution in [3.05, 3.63) is 47.2 Å². The van der Waals surface area contributed by atoms with E-state index in [-0.39, 0.29) is 10.7 Å². The summed E-state index contributed by atoms with van der Waals surface area (Å²) in [6.07, 6.45) is 1.47. The van der Waals surface area contributed by atoms with Crippen LogP contribution in [0, 0.1) is 6.92 Å². The van der Waals surface area contributed by atoms with Gasteiger partial charge in [0.05, 0.1) is 11.8 Å². The molecule has 0 bridgehead atoms. The second-order valence-corrected chi connectivity index (χ2v) is 6.88. The highest BCUT2D eigenvalue weighted by Crippen LogP contribution is 2.41. The van der Waals surface area contributed by atoms with Gasteiger partial charge in [0.1, 0.15) is 10.7 Å². The summed E-state index contributed by atoms with van der Waals surface area (Å²) in [6, 6.07) is 7.07. The lowest BCUT2D eigenvalue weighted by molar-refractivity contribution is 0.512. The van der Waals surface area contributed by atoms with Crippen LogP contribution in [0.15, 0.2) is 30.5 Å². The number of rotatable bonds is 1. The van der Waals surface area contributed by atoms with Gasteiger partial charge < -0.3 is 5.11 Å². The first-order valence-electron chi connectivity index (χ1n) is 6.36. The number of aliphatic hydroxyl groups excluding tert-OH is 1. The van der Waals surface area contributed by atoms with E-state index in [4.69, 9.17) is 0 Å². The van der Waals surface area contributed by atoms with E-state index in [9.17, 15) is 13.5 Å². The molecule has 0 aliphatic carbocycles. The summed E-state index contributed by atoms with van der Waals surface area (Å²) in [5, 5.41) is 14.5. The van der Waals surface area contributed by atoms with Crippen LogP contribution in [0.4, 0.5) is 5.82 Å². The molecule has 0 amide bonds. The van der Waals surface area contributed by atoms with Crippen LogP contribution in [-0.2, 0) is 17.1 Å². The zero-order valence-electron chi connectivity index (χ0n) is 11.9. The van der Waals surface area contributed by atoms with Crippen molar-refractivity contribution in [3.8, 4) is 0 Å². The number of aromatic nitrogens is 2. The van der Waals surface area contributed by atoms with Gasteiger partial charge in [0.2, 0.25) is 0 Å². The van der Waals surface area contributed by atoms with E-state index >= 15 is 0 Å². The average molecular weight is 305 g/mol. The van der Waals surface area contributed by atoms with E-state index in [1.54, 1.807) is 19.2 Å². The van der Waals surface area contributed by atoms with Crippen molar-refractivity contribution in [1.29, 1.82) is 0 Å². The van der Waals surface area contributed by atoms with Crippen LogP contribution >= 0.6 is 0 Å². The molecule has 0 unspecified atom stereocenters. The third-order valence-electron chi connectivity index (χ3n) is 3.68. The summed E-state index contributed by atoms with van der Waals surface area (Å²) in [4.78, 5) is -0.0800. The largest absolute Gasteiger partial charge is 0.506 e. The molecule has 2 heterocycles. The molecule has 0 atom stereocenters. The highest BCUT2D eigenvalue weighted by Gasteiger charge is 2.38. The van der Waals surface area contributed by atoms with Gasteiger partial charge in [0.25, 0.3) is 10.0 Å². The average Bonchev–Trinajstić information content (AvgIpc) is 2.81. The van der Waals surface area contributed by atoms with Crippen molar-refractivity contribution in [1.82, 2.24) is 9.78 Å². The fourth-order valence-corrected chi connectivity index (χ4v) is 4.14. The SMILES string of the molecule is Cc1ccccc1C1=C(O)c2cnn(C)c2N(C)S1(=O)=O. The Morgan fingerprint density at radius 2 is 1.81 bits per heavy atom. The number of benzene rings is 1. The minimum atomic E-state index is -3.83. The molecule has 2 aromatic rings. The van der Waals surface area contributed by atoms with Crippen LogP contribution in [0.5, 0.6) is 0 Å². The summed E-state index contributed by atoms with van der Waals surface area (Å²) in [6.45, 7) is 1.81. The van der Waals surface area contributed by atoms with Crippen LogP contribution in [-0.4, -0.2) is 30.4 Å². The highest BCUT2D eigenvalue weighted by atomic mass is 32.2. The zero-order chi connectivity index (χ0) is 15.4.